The number of fused-ring (bicyclic) bond motifs is 1. The Morgan fingerprint density at radius 1 is 0.923 bits per heavy atom. The Balaban J connectivity index is 1.49. The van der Waals surface area contributed by atoms with Crippen LogP contribution in [0.25, 0.3) is 11.0 Å². The molecule has 2 amide bonds. The van der Waals surface area contributed by atoms with Gasteiger partial charge in [-0.25, -0.2) is 0 Å². The molecule has 2 aromatic carbocycles. The number of carbonyl (C=O) groups is 2. The highest BCUT2D eigenvalue weighted by Gasteiger charge is 2.29. The lowest BCUT2D eigenvalue weighted by molar-refractivity contribution is -0.117. The number of hydrogen-bond acceptors (Lipinski definition) is 4. The Bertz CT molecular complexity index is 1050. The fraction of sp³-hybridized carbons (Fsp3) is 0.150. The van der Waals surface area contributed by atoms with Gasteiger partial charge in [-0.3, -0.25) is 14.4 Å². The van der Waals surface area contributed by atoms with Crippen molar-refractivity contribution in [3.8, 4) is 0 Å². The van der Waals surface area contributed by atoms with E-state index >= 15 is 0 Å². The molecule has 0 bridgehead atoms. The number of para-hydroxylation sites is 1. The highest BCUT2D eigenvalue weighted by atomic mass is 16.3. The van der Waals surface area contributed by atoms with Crippen molar-refractivity contribution in [2.24, 2.45) is 5.92 Å². The number of carbonyl (C=O) groups excluding carboxylic acids is 2. The predicted octanol–water partition coefficient (Wildman–Crippen LogP) is 3.39. The lowest BCUT2D eigenvalue weighted by atomic mass is 10.2. The smallest absolute Gasteiger partial charge is 0.291 e. The molecule has 6 nitrogen and oxygen atoms in total. The quantitative estimate of drug-likeness (QED) is 0.756. The Kier molecular flexibility index (Phi) is 4.01. The van der Waals surface area contributed by atoms with E-state index < -0.39 is 5.91 Å². The molecule has 0 saturated heterocycles. The van der Waals surface area contributed by atoms with Crippen LogP contribution in [0.2, 0.25) is 0 Å². The van der Waals surface area contributed by atoms with Gasteiger partial charge < -0.3 is 15.1 Å². The van der Waals surface area contributed by atoms with Crippen LogP contribution < -0.4 is 16.1 Å². The van der Waals surface area contributed by atoms with Crippen LogP contribution in [0.4, 0.5) is 11.4 Å². The molecule has 6 heteroatoms. The van der Waals surface area contributed by atoms with Crippen molar-refractivity contribution in [2.45, 2.75) is 12.8 Å². The largest absolute Gasteiger partial charge is 0.451 e. The van der Waals surface area contributed by atoms with Crippen molar-refractivity contribution in [3.63, 3.8) is 0 Å². The Morgan fingerprint density at radius 3 is 2.27 bits per heavy atom. The van der Waals surface area contributed by atoms with Gasteiger partial charge in [-0.1, -0.05) is 12.1 Å². The summed E-state index contributed by atoms with van der Waals surface area (Å²) in [6.45, 7) is 0. The molecular weight excluding hydrogens is 332 g/mol. The normalized spacial score (nSPS) is 13.4. The van der Waals surface area contributed by atoms with Crippen molar-refractivity contribution in [3.05, 3.63) is 70.6 Å². The number of nitrogens with one attached hydrogen (secondary N) is 2. The van der Waals surface area contributed by atoms with Gasteiger partial charge >= 0.3 is 0 Å². The fourth-order valence-electron chi connectivity index (χ4n) is 2.64. The maximum atomic E-state index is 12.4. The van der Waals surface area contributed by atoms with Crippen molar-refractivity contribution in [1.82, 2.24) is 0 Å². The molecule has 2 N–H and O–H groups in total. The first-order chi connectivity index (χ1) is 12.6. The van der Waals surface area contributed by atoms with Gasteiger partial charge in [0.25, 0.3) is 5.91 Å². The highest BCUT2D eigenvalue weighted by molar-refractivity contribution is 6.03. The Morgan fingerprint density at radius 2 is 1.58 bits per heavy atom. The molecular formula is C20H16N2O4. The highest BCUT2D eigenvalue weighted by Crippen LogP contribution is 2.30. The summed E-state index contributed by atoms with van der Waals surface area (Å²) in [5.41, 5.74) is 1.31. The van der Waals surface area contributed by atoms with Crippen LogP contribution in [0.5, 0.6) is 0 Å². The van der Waals surface area contributed by atoms with E-state index in [0.29, 0.717) is 22.3 Å². The molecule has 0 unspecified atom stereocenters. The van der Waals surface area contributed by atoms with Crippen molar-refractivity contribution >= 4 is 34.2 Å². The fourth-order valence-corrected chi connectivity index (χ4v) is 2.64. The Labute approximate surface area is 148 Å². The zero-order chi connectivity index (χ0) is 18.1. The summed E-state index contributed by atoms with van der Waals surface area (Å²) in [6, 6.07) is 14.7. The number of amides is 2. The summed E-state index contributed by atoms with van der Waals surface area (Å²) in [7, 11) is 0. The lowest BCUT2D eigenvalue weighted by Crippen LogP contribution is -2.15. The average Bonchev–Trinajstić information content (AvgIpc) is 3.48. The first-order valence-corrected chi connectivity index (χ1v) is 8.35. The zero-order valence-corrected chi connectivity index (χ0v) is 13.8. The van der Waals surface area contributed by atoms with E-state index in [1.807, 2.05) is 0 Å². The molecule has 0 atom stereocenters. The van der Waals surface area contributed by atoms with Crippen molar-refractivity contribution in [2.75, 3.05) is 10.6 Å². The summed E-state index contributed by atoms with van der Waals surface area (Å²) < 4.78 is 5.52. The van der Waals surface area contributed by atoms with E-state index in [-0.39, 0.29) is 23.0 Å². The lowest BCUT2D eigenvalue weighted by Gasteiger charge is -2.08. The molecule has 1 aliphatic carbocycles. The second-order valence-corrected chi connectivity index (χ2v) is 6.27. The van der Waals surface area contributed by atoms with Gasteiger partial charge in [0.1, 0.15) is 5.58 Å². The third-order valence-electron chi connectivity index (χ3n) is 4.22. The number of hydrogen-bond donors (Lipinski definition) is 2. The molecule has 0 spiro atoms. The van der Waals surface area contributed by atoms with Gasteiger partial charge in [0.15, 0.2) is 11.2 Å². The monoisotopic (exact) mass is 348 g/mol. The summed E-state index contributed by atoms with van der Waals surface area (Å²) in [6.07, 6.45) is 1.88. The van der Waals surface area contributed by atoms with E-state index in [2.05, 4.69) is 10.6 Å². The van der Waals surface area contributed by atoms with Crippen molar-refractivity contribution in [1.29, 1.82) is 0 Å². The maximum Gasteiger partial charge on any atom is 0.291 e. The minimum Gasteiger partial charge on any atom is -0.451 e. The van der Waals surface area contributed by atoms with Crippen LogP contribution in [-0.4, -0.2) is 11.8 Å². The van der Waals surface area contributed by atoms with E-state index in [1.54, 1.807) is 48.5 Å². The minimum absolute atomic E-state index is 0.0275. The first kappa shape index (κ1) is 16.1. The van der Waals surface area contributed by atoms with Gasteiger partial charge in [0.2, 0.25) is 5.91 Å². The molecule has 0 aliphatic heterocycles. The molecule has 1 aromatic heterocycles. The average molecular weight is 348 g/mol. The van der Waals surface area contributed by atoms with Crippen LogP contribution in [0, 0.1) is 5.92 Å². The molecule has 1 aliphatic rings. The molecule has 3 aromatic rings. The summed E-state index contributed by atoms with van der Waals surface area (Å²) in [5.74, 6) is -0.410. The molecule has 1 saturated carbocycles. The van der Waals surface area contributed by atoms with Crippen LogP contribution in [-0.2, 0) is 4.79 Å². The molecule has 1 heterocycles. The maximum absolute atomic E-state index is 12.4. The van der Waals surface area contributed by atoms with Crippen LogP contribution >= 0.6 is 0 Å². The molecule has 4 rings (SSSR count). The second-order valence-electron chi connectivity index (χ2n) is 6.27. The predicted molar refractivity (Wildman–Crippen MR) is 98.2 cm³/mol. The third-order valence-corrected chi connectivity index (χ3v) is 4.22. The summed E-state index contributed by atoms with van der Waals surface area (Å²) >= 11 is 0. The Hall–Kier alpha value is -3.41. The summed E-state index contributed by atoms with van der Waals surface area (Å²) in [4.78, 5) is 36.2. The minimum atomic E-state index is -0.511. The number of rotatable bonds is 4. The van der Waals surface area contributed by atoms with E-state index in [0.717, 1.165) is 12.8 Å². The van der Waals surface area contributed by atoms with Gasteiger partial charge in [0.05, 0.1) is 5.39 Å². The number of benzene rings is 2. The number of anilines is 2. The van der Waals surface area contributed by atoms with E-state index in [1.165, 1.54) is 6.07 Å². The topological polar surface area (TPSA) is 88.4 Å². The van der Waals surface area contributed by atoms with Crippen molar-refractivity contribution < 1.29 is 14.0 Å². The molecule has 130 valence electrons. The van der Waals surface area contributed by atoms with Crippen LogP contribution in [0.15, 0.2) is 63.8 Å². The van der Waals surface area contributed by atoms with Gasteiger partial charge in [0, 0.05) is 23.4 Å². The van der Waals surface area contributed by atoms with Gasteiger partial charge in [-0.2, -0.15) is 0 Å². The third kappa shape index (κ3) is 3.35. The standard InChI is InChI=1S/C20H16N2O4/c23-16-11-18(26-17-4-2-1-3-15(16)17)20(25)22-14-9-7-13(8-10-14)21-19(24)12-5-6-12/h1-4,7-12H,5-6H2,(H,21,24)(H,22,25). The summed E-state index contributed by atoms with van der Waals surface area (Å²) in [5, 5.41) is 5.94. The first-order valence-electron chi connectivity index (χ1n) is 8.35. The van der Waals surface area contributed by atoms with Crippen LogP contribution in [0.3, 0.4) is 0 Å². The van der Waals surface area contributed by atoms with Crippen LogP contribution in [0.1, 0.15) is 23.4 Å². The van der Waals surface area contributed by atoms with E-state index in [4.69, 9.17) is 4.42 Å². The second kappa shape index (κ2) is 6.48. The molecule has 26 heavy (non-hydrogen) atoms. The van der Waals surface area contributed by atoms with Gasteiger partial charge in [-0.05, 0) is 49.2 Å². The van der Waals surface area contributed by atoms with E-state index in [9.17, 15) is 14.4 Å². The SMILES string of the molecule is O=C(Nc1ccc(NC(=O)C2CC2)cc1)c1cc(=O)c2ccccc2o1. The van der Waals surface area contributed by atoms with Gasteiger partial charge in [-0.15, -0.1) is 0 Å². The zero-order valence-electron chi connectivity index (χ0n) is 13.8. The molecule has 0 radical (unpaired) electrons. The molecule has 1 fully saturated rings.